The van der Waals surface area contributed by atoms with Crippen molar-refractivity contribution >= 4 is 21.8 Å². The van der Waals surface area contributed by atoms with Crippen LogP contribution in [0.1, 0.15) is 12.8 Å². The van der Waals surface area contributed by atoms with Crippen molar-refractivity contribution in [3.05, 3.63) is 18.2 Å². The highest BCUT2D eigenvalue weighted by molar-refractivity contribution is 7.99. The van der Waals surface area contributed by atoms with E-state index in [2.05, 4.69) is 0 Å². The summed E-state index contributed by atoms with van der Waals surface area (Å²) in [5, 5.41) is 0. The SMILES string of the molecule is O=S(=O)(c1ccc2c(c1)OCCCO2)N1CCCSCC1. The van der Waals surface area contributed by atoms with Gasteiger partial charge in [0.2, 0.25) is 10.0 Å². The number of nitrogens with zero attached hydrogens (tertiary/aromatic N) is 1. The van der Waals surface area contributed by atoms with Gasteiger partial charge in [-0.15, -0.1) is 0 Å². The molecule has 0 aromatic heterocycles. The van der Waals surface area contributed by atoms with Gasteiger partial charge in [-0.2, -0.15) is 16.1 Å². The van der Waals surface area contributed by atoms with E-state index in [0.29, 0.717) is 42.7 Å². The lowest BCUT2D eigenvalue weighted by atomic mass is 10.3. The Morgan fingerprint density at radius 3 is 2.67 bits per heavy atom. The molecule has 5 nitrogen and oxygen atoms in total. The molecular formula is C14H19NO4S2. The Balaban J connectivity index is 1.89. The molecule has 0 unspecified atom stereocenters. The van der Waals surface area contributed by atoms with Gasteiger partial charge in [-0.3, -0.25) is 0 Å². The molecule has 1 saturated heterocycles. The van der Waals surface area contributed by atoms with Crippen LogP contribution in [0.5, 0.6) is 11.5 Å². The molecule has 7 heteroatoms. The third-order valence-electron chi connectivity index (χ3n) is 3.54. The van der Waals surface area contributed by atoms with Crippen LogP contribution in [0.3, 0.4) is 0 Å². The first-order valence-electron chi connectivity index (χ1n) is 7.15. The largest absolute Gasteiger partial charge is 0.490 e. The average Bonchev–Trinajstić information content (AvgIpc) is 2.89. The Bertz CT molecular complexity index is 595. The summed E-state index contributed by atoms with van der Waals surface area (Å²) in [6, 6.07) is 4.90. The lowest BCUT2D eigenvalue weighted by Gasteiger charge is -2.20. The second-order valence-corrected chi connectivity index (χ2v) is 8.19. The normalized spacial score (nSPS) is 20.6. The molecule has 0 aliphatic carbocycles. The van der Waals surface area contributed by atoms with E-state index in [0.717, 1.165) is 24.3 Å². The number of benzene rings is 1. The number of ether oxygens (including phenoxy) is 2. The monoisotopic (exact) mass is 329 g/mol. The maximum atomic E-state index is 12.7. The van der Waals surface area contributed by atoms with Gasteiger partial charge >= 0.3 is 0 Å². The zero-order valence-electron chi connectivity index (χ0n) is 11.8. The first-order valence-corrected chi connectivity index (χ1v) is 9.75. The van der Waals surface area contributed by atoms with Crippen molar-refractivity contribution < 1.29 is 17.9 Å². The quantitative estimate of drug-likeness (QED) is 0.830. The van der Waals surface area contributed by atoms with E-state index in [1.807, 2.05) is 0 Å². The number of hydrogen-bond acceptors (Lipinski definition) is 5. The number of fused-ring (bicyclic) bond motifs is 1. The fourth-order valence-electron chi connectivity index (χ4n) is 2.42. The summed E-state index contributed by atoms with van der Waals surface area (Å²) in [6.07, 6.45) is 1.70. The number of rotatable bonds is 2. The van der Waals surface area contributed by atoms with E-state index >= 15 is 0 Å². The second kappa shape index (κ2) is 6.46. The number of sulfonamides is 1. The molecule has 21 heavy (non-hydrogen) atoms. The summed E-state index contributed by atoms with van der Waals surface area (Å²) in [6.45, 7) is 2.31. The predicted molar refractivity (Wildman–Crippen MR) is 82.7 cm³/mol. The minimum atomic E-state index is -3.45. The standard InChI is InChI=1S/C14H19NO4S2/c16-21(17,15-5-1-9-20-10-6-15)12-3-4-13-14(11-12)19-8-2-7-18-13/h3-4,11H,1-2,5-10H2. The zero-order valence-corrected chi connectivity index (χ0v) is 13.4. The third-order valence-corrected chi connectivity index (χ3v) is 6.48. The molecule has 0 bridgehead atoms. The Morgan fingerprint density at radius 1 is 1.00 bits per heavy atom. The van der Waals surface area contributed by atoms with Gasteiger partial charge in [-0.25, -0.2) is 8.42 Å². The van der Waals surface area contributed by atoms with E-state index in [4.69, 9.17) is 9.47 Å². The smallest absolute Gasteiger partial charge is 0.243 e. The molecule has 2 aliphatic rings. The van der Waals surface area contributed by atoms with Crippen LogP contribution in [0.15, 0.2) is 23.1 Å². The summed E-state index contributed by atoms with van der Waals surface area (Å²) < 4.78 is 38.2. The molecule has 0 spiro atoms. The first kappa shape index (κ1) is 15.0. The minimum absolute atomic E-state index is 0.290. The van der Waals surface area contributed by atoms with E-state index in [9.17, 15) is 8.42 Å². The van der Waals surface area contributed by atoms with Crippen LogP contribution in [0.25, 0.3) is 0 Å². The summed E-state index contributed by atoms with van der Waals surface area (Å²) in [5.41, 5.74) is 0. The summed E-state index contributed by atoms with van der Waals surface area (Å²) >= 11 is 1.81. The Hall–Kier alpha value is -0.920. The van der Waals surface area contributed by atoms with Gasteiger partial charge in [0, 0.05) is 31.3 Å². The molecule has 0 radical (unpaired) electrons. The van der Waals surface area contributed by atoms with Gasteiger partial charge in [-0.05, 0) is 24.3 Å². The molecular weight excluding hydrogens is 310 g/mol. The van der Waals surface area contributed by atoms with Gasteiger partial charge in [0.05, 0.1) is 18.1 Å². The maximum Gasteiger partial charge on any atom is 0.243 e. The summed E-state index contributed by atoms with van der Waals surface area (Å²) in [5.74, 6) is 3.02. The third kappa shape index (κ3) is 3.30. The molecule has 2 aliphatic heterocycles. The lowest BCUT2D eigenvalue weighted by molar-refractivity contribution is 0.296. The van der Waals surface area contributed by atoms with Crippen LogP contribution >= 0.6 is 11.8 Å². The van der Waals surface area contributed by atoms with Crippen molar-refractivity contribution in [3.63, 3.8) is 0 Å². The van der Waals surface area contributed by atoms with Gasteiger partial charge in [0.25, 0.3) is 0 Å². The molecule has 0 N–H and O–H groups in total. The highest BCUT2D eigenvalue weighted by Gasteiger charge is 2.26. The van der Waals surface area contributed by atoms with Crippen molar-refractivity contribution in [2.24, 2.45) is 0 Å². The molecule has 1 aromatic rings. The fraction of sp³-hybridized carbons (Fsp3) is 0.571. The van der Waals surface area contributed by atoms with Gasteiger partial charge in [0.1, 0.15) is 0 Å². The molecule has 0 saturated carbocycles. The molecule has 3 rings (SSSR count). The van der Waals surface area contributed by atoms with Crippen LogP contribution in [0.2, 0.25) is 0 Å². The lowest BCUT2D eigenvalue weighted by Crippen LogP contribution is -2.33. The molecule has 0 amide bonds. The van der Waals surface area contributed by atoms with Crippen LogP contribution in [0, 0.1) is 0 Å². The predicted octanol–water partition coefficient (Wildman–Crippen LogP) is 1.98. The topological polar surface area (TPSA) is 55.8 Å². The van der Waals surface area contributed by atoms with E-state index in [-0.39, 0.29) is 0 Å². The maximum absolute atomic E-state index is 12.7. The molecule has 1 aromatic carbocycles. The van der Waals surface area contributed by atoms with Gasteiger partial charge in [-0.1, -0.05) is 0 Å². The van der Waals surface area contributed by atoms with Crippen LogP contribution in [-0.4, -0.2) is 50.5 Å². The van der Waals surface area contributed by atoms with Crippen molar-refractivity contribution in [2.75, 3.05) is 37.8 Å². The van der Waals surface area contributed by atoms with Crippen molar-refractivity contribution in [1.29, 1.82) is 0 Å². The Kier molecular flexibility index (Phi) is 4.61. The Labute approximate surface area is 129 Å². The highest BCUT2D eigenvalue weighted by Crippen LogP contribution is 2.33. The first-order chi connectivity index (χ1) is 10.2. The minimum Gasteiger partial charge on any atom is -0.490 e. The number of hydrogen-bond donors (Lipinski definition) is 0. The Morgan fingerprint density at radius 2 is 1.81 bits per heavy atom. The van der Waals surface area contributed by atoms with E-state index in [1.165, 1.54) is 0 Å². The molecule has 116 valence electrons. The number of thioether (sulfide) groups is 1. The van der Waals surface area contributed by atoms with Crippen molar-refractivity contribution in [3.8, 4) is 11.5 Å². The second-order valence-electron chi connectivity index (χ2n) is 5.03. The molecule has 2 heterocycles. The molecule has 1 fully saturated rings. The van der Waals surface area contributed by atoms with Crippen LogP contribution in [0.4, 0.5) is 0 Å². The van der Waals surface area contributed by atoms with Crippen molar-refractivity contribution in [1.82, 2.24) is 4.31 Å². The van der Waals surface area contributed by atoms with Crippen molar-refractivity contribution in [2.45, 2.75) is 17.7 Å². The van der Waals surface area contributed by atoms with E-state index < -0.39 is 10.0 Å². The summed E-state index contributed by atoms with van der Waals surface area (Å²) in [7, 11) is -3.45. The van der Waals surface area contributed by atoms with Gasteiger partial charge in [0.15, 0.2) is 11.5 Å². The highest BCUT2D eigenvalue weighted by atomic mass is 32.2. The fourth-order valence-corrected chi connectivity index (χ4v) is 4.91. The van der Waals surface area contributed by atoms with E-state index in [1.54, 1.807) is 34.3 Å². The molecule has 0 atom stereocenters. The van der Waals surface area contributed by atoms with Gasteiger partial charge < -0.3 is 9.47 Å². The van der Waals surface area contributed by atoms with Crippen LogP contribution < -0.4 is 9.47 Å². The van der Waals surface area contributed by atoms with Crippen LogP contribution in [-0.2, 0) is 10.0 Å². The summed E-state index contributed by atoms with van der Waals surface area (Å²) in [4.78, 5) is 0.290. The average molecular weight is 329 g/mol. The zero-order chi connectivity index (χ0) is 14.7.